The summed E-state index contributed by atoms with van der Waals surface area (Å²) in [5.74, 6) is 1.20. The molecule has 96 valence electrons. The van der Waals surface area contributed by atoms with E-state index in [1.165, 1.54) is 0 Å². The molecule has 0 saturated heterocycles. The van der Waals surface area contributed by atoms with Crippen LogP contribution in [-0.2, 0) is 6.61 Å². The lowest BCUT2D eigenvalue weighted by molar-refractivity contribution is 0.239. The molecule has 0 aliphatic heterocycles. The van der Waals surface area contributed by atoms with E-state index in [9.17, 15) is 0 Å². The SMILES string of the molecule is NC(CO)c1noc(COc2ccc(Cl)cc2)n1. The van der Waals surface area contributed by atoms with E-state index in [-0.39, 0.29) is 19.0 Å². The Bertz CT molecular complexity index is 500. The fraction of sp³-hybridized carbons (Fsp3) is 0.273. The summed E-state index contributed by atoms with van der Waals surface area (Å²) in [7, 11) is 0. The molecule has 0 saturated carbocycles. The molecule has 18 heavy (non-hydrogen) atoms. The number of nitrogens with zero attached hydrogens (tertiary/aromatic N) is 2. The first-order valence-electron chi connectivity index (χ1n) is 5.26. The number of hydrogen-bond acceptors (Lipinski definition) is 6. The van der Waals surface area contributed by atoms with Crippen molar-refractivity contribution >= 4 is 11.6 Å². The Morgan fingerprint density at radius 2 is 2.11 bits per heavy atom. The molecule has 0 radical (unpaired) electrons. The number of aromatic nitrogens is 2. The standard InChI is InChI=1S/C11H12ClN3O3/c12-7-1-3-8(4-2-7)17-6-10-14-11(15-18-10)9(13)5-16/h1-4,9,16H,5-6,13H2. The molecular formula is C11H12ClN3O3. The lowest BCUT2D eigenvalue weighted by Crippen LogP contribution is -2.16. The second-order valence-corrected chi connectivity index (χ2v) is 4.01. The van der Waals surface area contributed by atoms with Crippen LogP contribution in [0.5, 0.6) is 5.75 Å². The van der Waals surface area contributed by atoms with E-state index < -0.39 is 6.04 Å². The van der Waals surface area contributed by atoms with Crippen molar-refractivity contribution in [2.75, 3.05) is 6.61 Å². The molecule has 0 aliphatic rings. The van der Waals surface area contributed by atoms with Gasteiger partial charge in [-0.3, -0.25) is 0 Å². The normalized spacial score (nSPS) is 12.4. The van der Waals surface area contributed by atoms with Crippen molar-refractivity contribution in [1.82, 2.24) is 10.1 Å². The third-order valence-corrected chi connectivity index (χ3v) is 2.44. The topological polar surface area (TPSA) is 94.4 Å². The third kappa shape index (κ3) is 3.19. The van der Waals surface area contributed by atoms with Gasteiger partial charge in [-0.25, -0.2) is 0 Å². The summed E-state index contributed by atoms with van der Waals surface area (Å²) < 4.78 is 10.3. The predicted molar refractivity (Wildman–Crippen MR) is 64.1 cm³/mol. The number of halogens is 1. The van der Waals surface area contributed by atoms with E-state index >= 15 is 0 Å². The van der Waals surface area contributed by atoms with Gasteiger partial charge >= 0.3 is 0 Å². The van der Waals surface area contributed by atoms with Gasteiger partial charge in [-0.05, 0) is 24.3 Å². The first kappa shape index (κ1) is 12.8. The molecule has 2 rings (SSSR count). The first-order chi connectivity index (χ1) is 8.69. The summed E-state index contributed by atoms with van der Waals surface area (Å²) in [6, 6.07) is 6.27. The van der Waals surface area contributed by atoms with Crippen molar-refractivity contribution in [1.29, 1.82) is 0 Å². The van der Waals surface area contributed by atoms with Gasteiger partial charge in [-0.15, -0.1) is 0 Å². The highest BCUT2D eigenvalue weighted by molar-refractivity contribution is 6.30. The number of nitrogens with two attached hydrogens (primary N) is 1. The quantitative estimate of drug-likeness (QED) is 0.849. The third-order valence-electron chi connectivity index (χ3n) is 2.19. The molecule has 7 heteroatoms. The highest BCUT2D eigenvalue weighted by Crippen LogP contribution is 2.16. The Labute approximate surface area is 108 Å². The minimum atomic E-state index is -0.641. The van der Waals surface area contributed by atoms with Crippen molar-refractivity contribution in [2.24, 2.45) is 5.73 Å². The highest BCUT2D eigenvalue weighted by Gasteiger charge is 2.13. The van der Waals surface area contributed by atoms with Gasteiger partial charge in [0.25, 0.3) is 5.89 Å². The molecule has 0 amide bonds. The Balaban J connectivity index is 1.94. The molecule has 2 aromatic rings. The maximum Gasteiger partial charge on any atom is 0.264 e. The van der Waals surface area contributed by atoms with E-state index in [2.05, 4.69) is 10.1 Å². The van der Waals surface area contributed by atoms with Crippen LogP contribution in [0, 0.1) is 0 Å². The van der Waals surface area contributed by atoms with Crippen LogP contribution in [0.1, 0.15) is 17.8 Å². The fourth-order valence-electron chi connectivity index (χ4n) is 1.23. The van der Waals surface area contributed by atoms with Gasteiger partial charge in [0.15, 0.2) is 12.4 Å². The molecule has 0 aliphatic carbocycles. The van der Waals surface area contributed by atoms with Gasteiger partial charge in [-0.2, -0.15) is 4.98 Å². The van der Waals surface area contributed by atoms with Crippen molar-refractivity contribution in [2.45, 2.75) is 12.6 Å². The minimum absolute atomic E-state index is 0.132. The molecule has 3 N–H and O–H groups in total. The van der Waals surface area contributed by atoms with E-state index in [0.717, 1.165) is 0 Å². The predicted octanol–water partition coefficient (Wildman–Crippen LogP) is 1.29. The first-order valence-corrected chi connectivity index (χ1v) is 5.64. The van der Waals surface area contributed by atoms with Gasteiger partial charge in [0.1, 0.15) is 5.75 Å². The van der Waals surface area contributed by atoms with Crippen molar-refractivity contribution in [3.8, 4) is 5.75 Å². The smallest absolute Gasteiger partial charge is 0.264 e. The van der Waals surface area contributed by atoms with Crippen LogP contribution in [0.15, 0.2) is 28.8 Å². The zero-order valence-corrected chi connectivity index (χ0v) is 10.2. The molecule has 0 spiro atoms. The second-order valence-electron chi connectivity index (χ2n) is 3.58. The average Bonchev–Trinajstić information content (AvgIpc) is 2.86. The number of hydrogen-bond donors (Lipinski definition) is 2. The van der Waals surface area contributed by atoms with E-state index in [4.69, 9.17) is 31.7 Å². The van der Waals surface area contributed by atoms with Crippen molar-refractivity contribution in [3.05, 3.63) is 41.0 Å². The van der Waals surface area contributed by atoms with Gasteiger partial charge < -0.3 is 20.1 Å². The Kier molecular flexibility index (Phi) is 4.14. The Morgan fingerprint density at radius 3 is 2.78 bits per heavy atom. The highest BCUT2D eigenvalue weighted by atomic mass is 35.5. The number of ether oxygens (including phenoxy) is 1. The van der Waals surface area contributed by atoms with Crippen molar-refractivity contribution in [3.63, 3.8) is 0 Å². The van der Waals surface area contributed by atoms with Crippen LogP contribution in [0.2, 0.25) is 5.02 Å². The molecule has 1 aromatic carbocycles. The summed E-state index contributed by atoms with van der Waals surface area (Å²) in [5, 5.41) is 13.1. The molecule has 0 fully saturated rings. The number of benzene rings is 1. The van der Waals surface area contributed by atoms with E-state index in [1.54, 1.807) is 24.3 Å². The summed E-state index contributed by atoms with van der Waals surface area (Å²) in [4.78, 5) is 4.00. The van der Waals surface area contributed by atoms with E-state index in [0.29, 0.717) is 16.7 Å². The lowest BCUT2D eigenvalue weighted by Gasteiger charge is -2.02. The van der Waals surface area contributed by atoms with Crippen LogP contribution in [-0.4, -0.2) is 21.9 Å². The lowest BCUT2D eigenvalue weighted by atomic mass is 10.3. The minimum Gasteiger partial charge on any atom is -0.484 e. The molecule has 0 bridgehead atoms. The summed E-state index contributed by atoms with van der Waals surface area (Å²) >= 11 is 5.75. The number of aliphatic hydroxyl groups excluding tert-OH is 1. The zero-order valence-electron chi connectivity index (χ0n) is 9.41. The van der Waals surface area contributed by atoms with Crippen LogP contribution in [0.3, 0.4) is 0 Å². The summed E-state index contributed by atoms with van der Waals surface area (Å²) in [6.45, 7) is -0.107. The number of rotatable bonds is 5. The molecule has 1 unspecified atom stereocenters. The average molecular weight is 270 g/mol. The van der Waals surface area contributed by atoms with Gasteiger partial charge in [0, 0.05) is 5.02 Å². The molecule has 1 heterocycles. The van der Waals surface area contributed by atoms with Gasteiger partial charge in [0.05, 0.1) is 12.6 Å². The maximum absolute atomic E-state index is 8.84. The number of aliphatic hydroxyl groups is 1. The maximum atomic E-state index is 8.84. The van der Waals surface area contributed by atoms with Crippen LogP contribution in [0.25, 0.3) is 0 Å². The second kappa shape index (κ2) is 5.81. The van der Waals surface area contributed by atoms with Crippen molar-refractivity contribution < 1.29 is 14.4 Å². The molecule has 1 atom stereocenters. The van der Waals surface area contributed by atoms with Crippen LogP contribution < -0.4 is 10.5 Å². The Hall–Kier alpha value is -1.63. The zero-order chi connectivity index (χ0) is 13.0. The Morgan fingerprint density at radius 1 is 1.39 bits per heavy atom. The van der Waals surface area contributed by atoms with Crippen LogP contribution in [0.4, 0.5) is 0 Å². The largest absolute Gasteiger partial charge is 0.484 e. The summed E-state index contributed by atoms with van der Waals surface area (Å²) in [5.41, 5.74) is 5.54. The molecule has 6 nitrogen and oxygen atoms in total. The monoisotopic (exact) mass is 269 g/mol. The molecular weight excluding hydrogens is 258 g/mol. The fourth-order valence-corrected chi connectivity index (χ4v) is 1.36. The van der Waals surface area contributed by atoms with Gasteiger partial charge in [0.2, 0.25) is 0 Å². The van der Waals surface area contributed by atoms with Gasteiger partial charge in [-0.1, -0.05) is 16.8 Å². The molecule has 1 aromatic heterocycles. The van der Waals surface area contributed by atoms with E-state index in [1.807, 2.05) is 0 Å². The summed E-state index contributed by atoms with van der Waals surface area (Å²) in [6.07, 6.45) is 0. The van der Waals surface area contributed by atoms with Crippen LogP contribution >= 0.6 is 11.6 Å².